The smallest absolute Gasteiger partial charge is 0.224 e. The molecule has 18 heavy (non-hydrogen) atoms. The topological polar surface area (TPSA) is 72.7 Å². The van der Waals surface area contributed by atoms with Crippen molar-refractivity contribution in [2.24, 2.45) is 0 Å². The van der Waals surface area contributed by atoms with E-state index < -0.39 is 0 Å². The van der Waals surface area contributed by atoms with Crippen molar-refractivity contribution < 1.29 is 4.79 Å². The number of nitrogens with one attached hydrogen (secondary N) is 1. The summed E-state index contributed by atoms with van der Waals surface area (Å²) in [6.45, 7) is 0. The van der Waals surface area contributed by atoms with Crippen LogP contribution in [-0.2, 0) is 4.79 Å². The van der Waals surface area contributed by atoms with Crippen LogP contribution in [0, 0.1) is 0 Å². The minimum absolute atomic E-state index is 0.0514. The van der Waals surface area contributed by atoms with E-state index in [0.29, 0.717) is 24.4 Å². The van der Waals surface area contributed by atoms with E-state index >= 15 is 0 Å². The number of amides is 1. The number of alkyl halides is 1. The molecule has 0 radical (unpaired) electrons. The molecule has 0 aliphatic rings. The van der Waals surface area contributed by atoms with Crippen molar-refractivity contribution in [3.05, 3.63) is 30.6 Å². The first-order chi connectivity index (χ1) is 8.79. The first-order valence-corrected chi connectivity index (χ1v) is 6.02. The lowest BCUT2D eigenvalue weighted by Crippen LogP contribution is -2.11. The monoisotopic (exact) mass is 265 g/mol. The van der Waals surface area contributed by atoms with Gasteiger partial charge < -0.3 is 5.32 Å². The van der Waals surface area contributed by atoms with E-state index in [-0.39, 0.29) is 5.91 Å². The van der Waals surface area contributed by atoms with E-state index in [0.717, 1.165) is 5.69 Å². The number of benzene rings is 1. The second-order valence-corrected chi connectivity index (χ2v) is 4.02. The van der Waals surface area contributed by atoms with Gasteiger partial charge in [-0.25, -0.2) is 4.68 Å². The van der Waals surface area contributed by atoms with Crippen LogP contribution in [0.25, 0.3) is 5.69 Å². The maximum absolute atomic E-state index is 11.6. The number of rotatable bonds is 5. The fourth-order valence-electron chi connectivity index (χ4n) is 1.46. The normalized spacial score (nSPS) is 10.3. The zero-order valence-electron chi connectivity index (χ0n) is 9.58. The SMILES string of the molecule is O=C(CCCCl)Nc1cccc(-n2cnnn2)c1. The number of hydrogen-bond donors (Lipinski definition) is 1. The Kier molecular flexibility index (Phi) is 4.25. The van der Waals surface area contributed by atoms with Crippen LogP contribution >= 0.6 is 11.6 Å². The molecule has 1 aromatic heterocycles. The molecule has 0 aliphatic carbocycles. The molecule has 1 heterocycles. The molecule has 0 unspecified atom stereocenters. The third kappa shape index (κ3) is 3.27. The third-order valence-electron chi connectivity index (χ3n) is 2.28. The highest BCUT2D eigenvalue weighted by Gasteiger charge is 2.03. The minimum atomic E-state index is -0.0514. The number of carbonyl (C=O) groups is 1. The van der Waals surface area contributed by atoms with E-state index in [1.54, 1.807) is 6.07 Å². The number of aromatic nitrogens is 4. The molecule has 1 N–H and O–H groups in total. The number of nitrogens with zero attached hydrogens (tertiary/aromatic N) is 4. The Morgan fingerprint density at radius 2 is 2.33 bits per heavy atom. The number of tetrazole rings is 1. The van der Waals surface area contributed by atoms with Gasteiger partial charge in [-0.15, -0.1) is 16.7 Å². The minimum Gasteiger partial charge on any atom is -0.326 e. The van der Waals surface area contributed by atoms with Crippen LogP contribution in [0.2, 0.25) is 0 Å². The quantitative estimate of drug-likeness (QED) is 0.834. The predicted octanol–water partition coefficient (Wildman–Crippen LogP) is 1.62. The average molecular weight is 266 g/mol. The second-order valence-electron chi connectivity index (χ2n) is 3.65. The number of halogens is 1. The van der Waals surface area contributed by atoms with Gasteiger partial charge in [0, 0.05) is 18.0 Å². The van der Waals surface area contributed by atoms with Crippen LogP contribution in [-0.4, -0.2) is 32.0 Å². The van der Waals surface area contributed by atoms with E-state index in [9.17, 15) is 4.79 Å². The molecule has 2 rings (SSSR count). The van der Waals surface area contributed by atoms with Gasteiger partial charge in [-0.3, -0.25) is 4.79 Å². The van der Waals surface area contributed by atoms with Gasteiger partial charge in [-0.05, 0) is 35.0 Å². The first kappa shape index (κ1) is 12.5. The molecule has 0 saturated heterocycles. The lowest BCUT2D eigenvalue weighted by atomic mass is 10.2. The van der Waals surface area contributed by atoms with Gasteiger partial charge in [0.25, 0.3) is 0 Å². The maximum Gasteiger partial charge on any atom is 0.224 e. The van der Waals surface area contributed by atoms with Crippen molar-refractivity contribution in [3.63, 3.8) is 0 Å². The zero-order chi connectivity index (χ0) is 12.8. The largest absolute Gasteiger partial charge is 0.326 e. The van der Waals surface area contributed by atoms with Gasteiger partial charge in [0.1, 0.15) is 6.33 Å². The van der Waals surface area contributed by atoms with Crippen LogP contribution < -0.4 is 5.32 Å². The highest BCUT2D eigenvalue weighted by atomic mass is 35.5. The lowest BCUT2D eigenvalue weighted by Gasteiger charge is -2.06. The highest BCUT2D eigenvalue weighted by molar-refractivity contribution is 6.18. The van der Waals surface area contributed by atoms with Crippen molar-refractivity contribution in [1.82, 2.24) is 20.2 Å². The molecule has 1 amide bonds. The molecule has 1 aromatic carbocycles. The summed E-state index contributed by atoms with van der Waals surface area (Å²) in [5, 5.41) is 13.7. The molecule has 0 aliphatic heterocycles. The number of anilines is 1. The van der Waals surface area contributed by atoms with Gasteiger partial charge in [-0.2, -0.15) is 0 Å². The van der Waals surface area contributed by atoms with Gasteiger partial charge >= 0.3 is 0 Å². The molecule has 0 atom stereocenters. The van der Waals surface area contributed by atoms with E-state index in [1.165, 1.54) is 11.0 Å². The summed E-state index contributed by atoms with van der Waals surface area (Å²) in [7, 11) is 0. The molecule has 0 fully saturated rings. The fourth-order valence-corrected chi connectivity index (χ4v) is 1.59. The van der Waals surface area contributed by atoms with Crippen LogP contribution in [0.5, 0.6) is 0 Å². The molecule has 2 aromatic rings. The Morgan fingerprint density at radius 3 is 3.06 bits per heavy atom. The van der Waals surface area contributed by atoms with Crippen molar-refractivity contribution in [2.45, 2.75) is 12.8 Å². The summed E-state index contributed by atoms with van der Waals surface area (Å²) in [6.07, 6.45) is 2.58. The summed E-state index contributed by atoms with van der Waals surface area (Å²) < 4.78 is 1.52. The summed E-state index contributed by atoms with van der Waals surface area (Å²) in [4.78, 5) is 11.6. The maximum atomic E-state index is 11.6. The van der Waals surface area contributed by atoms with Crippen molar-refractivity contribution in [1.29, 1.82) is 0 Å². The van der Waals surface area contributed by atoms with Crippen LogP contribution in [0.15, 0.2) is 30.6 Å². The predicted molar refractivity (Wildman–Crippen MR) is 67.7 cm³/mol. The van der Waals surface area contributed by atoms with Crippen molar-refractivity contribution >= 4 is 23.2 Å². The Balaban J connectivity index is 2.06. The molecule has 7 heteroatoms. The van der Waals surface area contributed by atoms with Crippen LogP contribution in [0.3, 0.4) is 0 Å². The zero-order valence-corrected chi connectivity index (χ0v) is 10.3. The Labute approximate surface area is 109 Å². The molecule has 94 valence electrons. The molecular weight excluding hydrogens is 254 g/mol. The summed E-state index contributed by atoms with van der Waals surface area (Å²) in [5.74, 6) is 0.433. The van der Waals surface area contributed by atoms with Crippen molar-refractivity contribution in [3.8, 4) is 5.69 Å². The third-order valence-corrected chi connectivity index (χ3v) is 2.55. The molecule has 0 saturated carbocycles. The average Bonchev–Trinajstić information content (AvgIpc) is 2.90. The Bertz CT molecular complexity index is 514. The van der Waals surface area contributed by atoms with E-state index in [4.69, 9.17) is 11.6 Å². The van der Waals surface area contributed by atoms with Crippen LogP contribution in [0.1, 0.15) is 12.8 Å². The highest BCUT2D eigenvalue weighted by Crippen LogP contribution is 2.13. The Hall–Kier alpha value is -1.95. The van der Waals surface area contributed by atoms with Gasteiger partial charge in [0.05, 0.1) is 5.69 Å². The number of hydrogen-bond acceptors (Lipinski definition) is 4. The molecule has 0 spiro atoms. The van der Waals surface area contributed by atoms with Crippen molar-refractivity contribution in [2.75, 3.05) is 11.2 Å². The molecule has 0 bridgehead atoms. The molecule has 6 nitrogen and oxygen atoms in total. The van der Waals surface area contributed by atoms with Gasteiger partial charge in [-0.1, -0.05) is 6.07 Å². The lowest BCUT2D eigenvalue weighted by molar-refractivity contribution is -0.116. The van der Waals surface area contributed by atoms with E-state index in [1.807, 2.05) is 18.2 Å². The molecular formula is C11H12ClN5O. The first-order valence-electron chi connectivity index (χ1n) is 5.49. The number of carbonyl (C=O) groups excluding carboxylic acids is 1. The second kappa shape index (κ2) is 6.11. The van der Waals surface area contributed by atoms with Gasteiger partial charge in [0.15, 0.2) is 0 Å². The Morgan fingerprint density at radius 1 is 1.44 bits per heavy atom. The van der Waals surface area contributed by atoms with Crippen LogP contribution in [0.4, 0.5) is 5.69 Å². The summed E-state index contributed by atoms with van der Waals surface area (Å²) in [6, 6.07) is 7.29. The fraction of sp³-hybridized carbons (Fsp3) is 0.273. The summed E-state index contributed by atoms with van der Waals surface area (Å²) in [5.41, 5.74) is 1.50. The van der Waals surface area contributed by atoms with E-state index in [2.05, 4.69) is 20.8 Å². The standard InChI is InChI=1S/C11H12ClN5O/c12-6-2-5-11(18)14-9-3-1-4-10(7-9)17-8-13-15-16-17/h1,3-4,7-8H,2,5-6H2,(H,14,18). The van der Waals surface area contributed by atoms with Gasteiger partial charge in [0.2, 0.25) is 5.91 Å². The summed E-state index contributed by atoms with van der Waals surface area (Å²) >= 11 is 5.54.